The van der Waals surface area contributed by atoms with Crippen LogP contribution in [0.4, 0.5) is 11.4 Å². The van der Waals surface area contributed by atoms with Gasteiger partial charge in [-0.05, 0) is 37.3 Å². The topological polar surface area (TPSA) is 67.4 Å². The fourth-order valence-electron chi connectivity index (χ4n) is 2.38. The summed E-state index contributed by atoms with van der Waals surface area (Å²) in [6, 6.07) is 9.67. The Bertz CT molecular complexity index is 660. The maximum Gasteiger partial charge on any atom is 0.237 e. The van der Waals surface area contributed by atoms with Gasteiger partial charge in [-0.25, -0.2) is 9.97 Å². The van der Waals surface area contributed by atoms with Gasteiger partial charge < -0.3 is 15.0 Å². The van der Waals surface area contributed by atoms with Crippen LogP contribution in [-0.2, 0) is 9.53 Å². The van der Waals surface area contributed by atoms with Crippen LogP contribution in [0, 0.1) is 0 Å². The monoisotopic (exact) mass is 344 g/mol. The first-order chi connectivity index (χ1) is 11.7. The molecule has 1 amide bonds. The summed E-state index contributed by atoms with van der Waals surface area (Å²) in [5, 5.41) is 3.26. The minimum Gasteiger partial charge on any atom is -0.378 e. The standard InChI is InChI=1S/C17H20N4O2S/c1-13(24-17-18-7-2-8-19-17)16(22)20-14-3-5-15(6-4-14)21-9-11-23-12-10-21/h2-8,13H,9-12H2,1H3,(H,20,22)/t13-/m0/s1. The summed E-state index contributed by atoms with van der Waals surface area (Å²) < 4.78 is 5.36. The Kier molecular flexibility index (Phi) is 5.66. The van der Waals surface area contributed by atoms with E-state index in [-0.39, 0.29) is 11.2 Å². The number of hydrogen-bond donors (Lipinski definition) is 1. The van der Waals surface area contributed by atoms with Crippen molar-refractivity contribution in [1.29, 1.82) is 0 Å². The van der Waals surface area contributed by atoms with Crippen LogP contribution in [0.25, 0.3) is 0 Å². The summed E-state index contributed by atoms with van der Waals surface area (Å²) in [6.45, 7) is 5.16. The number of nitrogens with zero attached hydrogens (tertiary/aromatic N) is 3. The van der Waals surface area contributed by atoms with Crippen molar-refractivity contribution in [3.8, 4) is 0 Å². The third-order valence-corrected chi connectivity index (χ3v) is 4.69. The number of ether oxygens (including phenoxy) is 1. The Morgan fingerprint density at radius 2 is 1.88 bits per heavy atom. The molecule has 24 heavy (non-hydrogen) atoms. The average Bonchev–Trinajstić information content (AvgIpc) is 2.64. The number of benzene rings is 1. The Morgan fingerprint density at radius 1 is 1.21 bits per heavy atom. The normalized spacial score (nSPS) is 15.8. The fourth-order valence-corrected chi connectivity index (χ4v) is 3.10. The number of anilines is 2. The Morgan fingerprint density at radius 3 is 2.54 bits per heavy atom. The molecule has 1 N–H and O–H groups in total. The van der Waals surface area contributed by atoms with Gasteiger partial charge in [-0.1, -0.05) is 11.8 Å². The van der Waals surface area contributed by atoms with Crippen LogP contribution in [0.1, 0.15) is 6.92 Å². The van der Waals surface area contributed by atoms with Crippen molar-refractivity contribution in [3.05, 3.63) is 42.7 Å². The van der Waals surface area contributed by atoms with Gasteiger partial charge in [0.2, 0.25) is 5.91 Å². The lowest BCUT2D eigenvalue weighted by atomic mass is 10.2. The van der Waals surface area contributed by atoms with Gasteiger partial charge in [-0.3, -0.25) is 4.79 Å². The van der Waals surface area contributed by atoms with E-state index < -0.39 is 0 Å². The van der Waals surface area contributed by atoms with Gasteiger partial charge in [0.15, 0.2) is 5.16 Å². The number of carbonyl (C=O) groups is 1. The first-order valence-corrected chi connectivity index (χ1v) is 8.77. The second kappa shape index (κ2) is 8.12. The van der Waals surface area contributed by atoms with Gasteiger partial charge in [0, 0.05) is 36.9 Å². The molecule has 0 unspecified atom stereocenters. The van der Waals surface area contributed by atoms with Crippen LogP contribution in [0.3, 0.4) is 0 Å². The Balaban J connectivity index is 1.55. The smallest absolute Gasteiger partial charge is 0.237 e. The zero-order valence-electron chi connectivity index (χ0n) is 13.5. The number of rotatable bonds is 5. The van der Waals surface area contributed by atoms with Crippen molar-refractivity contribution < 1.29 is 9.53 Å². The summed E-state index contributed by atoms with van der Waals surface area (Å²) in [6.07, 6.45) is 3.34. The summed E-state index contributed by atoms with van der Waals surface area (Å²) in [5.74, 6) is -0.0634. The van der Waals surface area contributed by atoms with Gasteiger partial charge in [-0.2, -0.15) is 0 Å². The minimum atomic E-state index is -0.272. The summed E-state index contributed by atoms with van der Waals surface area (Å²) in [7, 11) is 0. The zero-order chi connectivity index (χ0) is 16.8. The van der Waals surface area contributed by atoms with E-state index in [1.807, 2.05) is 31.2 Å². The predicted molar refractivity (Wildman–Crippen MR) is 95.5 cm³/mol. The molecule has 7 heteroatoms. The van der Waals surface area contributed by atoms with Crippen molar-refractivity contribution in [3.63, 3.8) is 0 Å². The number of amides is 1. The molecular formula is C17H20N4O2S. The quantitative estimate of drug-likeness (QED) is 0.664. The molecule has 1 saturated heterocycles. The lowest BCUT2D eigenvalue weighted by molar-refractivity contribution is -0.115. The number of morpholine rings is 1. The molecule has 1 aliphatic heterocycles. The highest BCUT2D eigenvalue weighted by Crippen LogP contribution is 2.22. The molecule has 0 aliphatic carbocycles. The van der Waals surface area contributed by atoms with Crippen molar-refractivity contribution >= 4 is 29.0 Å². The molecule has 1 atom stereocenters. The van der Waals surface area contributed by atoms with Crippen molar-refractivity contribution in [1.82, 2.24) is 9.97 Å². The van der Waals surface area contributed by atoms with E-state index >= 15 is 0 Å². The molecule has 2 aromatic rings. The molecule has 0 saturated carbocycles. The van der Waals surface area contributed by atoms with Gasteiger partial charge in [-0.15, -0.1) is 0 Å². The van der Waals surface area contributed by atoms with E-state index in [0.717, 1.165) is 37.7 Å². The molecule has 1 fully saturated rings. The van der Waals surface area contributed by atoms with Crippen LogP contribution in [0.2, 0.25) is 0 Å². The van der Waals surface area contributed by atoms with Crippen molar-refractivity contribution in [2.24, 2.45) is 0 Å². The van der Waals surface area contributed by atoms with Crippen LogP contribution < -0.4 is 10.2 Å². The average molecular weight is 344 g/mol. The molecule has 0 spiro atoms. The molecule has 1 aromatic heterocycles. The second-order valence-electron chi connectivity index (χ2n) is 5.43. The molecule has 3 rings (SSSR count). The van der Waals surface area contributed by atoms with Crippen molar-refractivity contribution in [2.45, 2.75) is 17.3 Å². The third-order valence-electron chi connectivity index (χ3n) is 3.70. The largest absolute Gasteiger partial charge is 0.378 e. The highest BCUT2D eigenvalue weighted by Gasteiger charge is 2.16. The highest BCUT2D eigenvalue weighted by molar-refractivity contribution is 8.00. The van der Waals surface area contributed by atoms with Crippen LogP contribution in [0.15, 0.2) is 47.9 Å². The first kappa shape index (κ1) is 16.7. The minimum absolute atomic E-state index is 0.0634. The molecule has 0 radical (unpaired) electrons. The maximum atomic E-state index is 12.3. The van der Waals surface area contributed by atoms with Crippen molar-refractivity contribution in [2.75, 3.05) is 36.5 Å². The third kappa shape index (κ3) is 4.46. The van der Waals surface area contributed by atoms with E-state index in [2.05, 4.69) is 20.2 Å². The second-order valence-corrected chi connectivity index (χ2v) is 6.73. The number of carbonyl (C=O) groups excluding carboxylic acids is 1. The van der Waals surface area contributed by atoms with E-state index in [1.54, 1.807) is 18.5 Å². The van der Waals surface area contributed by atoms with Gasteiger partial charge in [0.1, 0.15) is 0 Å². The molecule has 0 bridgehead atoms. The first-order valence-electron chi connectivity index (χ1n) is 7.90. The van der Waals surface area contributed by atoms with Gasteiger partial charge in [0.05, 0.1) is 18.5 Å². The number of nitrogens with one attached hydrogen (secondary N) is 1. The van der Waals surface area contributed by atoms with Crippen LogP contribution >= 0.6 is 11.8 Å². The number of hydrogen-bond acceptors (Lipinski definition) is 6. The molecule has 1 aliphatic rings. The summed E-state index contributed by atoms with van der Waals surface area (Å²) in [5.41, 5.74) is 1.94. The fraction of sp³-hybridized carbons (Fsp3) is 0.353. The summed E-state index contributed by atoms with van der Waals surface area (Å²) in [4.78, 5) is 22.8. The van der Waals surface area contributed by atoms with Crippen LogP contribution in [0.5, 0.6) is 0 Å². The Hall–Kier alpha value is -2.12. The number of aromatic nitrogens is 2. The lowest BCUT2D eigenvalue weighted by Crippen LogP contribution is -2.36. The molecule has 2 heterocycles. The highest BCUT2D eigenvalue weighted by atomic mass is 32.2. The SMILES string of the molecule is C[C@H](Sc1ncccn1)C(=O)Nc1ccc(N2CCOCC2)cc1. The molecule has 6 nitrogen and oxygen atoms in total. The molecular weight excluding hydrogens is 324 g/mol. The van der Waals surface area contributed by atoms with Gasteiger partial charge >= 0.3 is 0 Å². The Labute approximate surface area is 145 Å². The van der Waals surface area contributed by atoms with E-state index in [1.165, 1.54) is 11.8 Å². The van der Waals surface area contributed by atoms with Crippen LogP contribution in [-0.4, -0.2) is 47.4 Å². The molecule has 126 valence electrons. The zero-order valence-corrected chi connectivity index (χ0v) is 14.3. The summed E-state index contributed by atoms with van der Waals surface area (Å²) >= 11 is 1.34. The maximum absolute atomic E-state index is 12.3. The van der Waals surface area contributed by atoms with Gasteiger partial charge in [0.25, 0.3) is 0 Å². The van der Waals surface area contributed by atoms with E-state index in [9.17, 15) is 4.79 Å². The lowest BCUT2D eigenvalue weighted by Gasteiger charge is -2.28. The molecule has 1 aromatic carbocycles. The predicted octanol–water partition coefficient (Wildman–Crippen LogP) is 2.43. The van der Waals surface area contributed by atoms with E-state index in [4.69, 9.17) is 4.74 Å². The van der Waals surface area contributed by atoms with E-state index in [0.29, 0.717) is 5.16 Å². The number of thioether (sulfide) groups is 1.